The summed E-state index contributed by atoms with van der Waals surface area (Å²) in [6, 6.07) is 14.2. The van der Waals surface area contributed by atoms with Gasteiger partial charge in [0.25, 0.3) is 0 Å². The predicted molar refractivity (Wildman–Crippen MR) is 103 cm³/mol. The molecule has 0 amide bonds. The first-order valence-electron chi connectivity index (χ1n) is 9.03. The van der Waals surface area contributed by atoms with E-state index in [1.54, 1.807) is 7.11 Å². The number of aliphatic imine (C=N–C) groups is 1. The second-order valence-electron chi connectivity index (χ2n) is 6.65. The highest BCUT2D eigenvalue weighted by molar-refractivity contribution is 5.98. The predicted octanol–water partition coefficient (Wildman–Crippen LogP) is 1.62. The molecule has 1 atom stereocenters. The van der Waals surface area contributed by atoms with Crippen LogP contribution in [-0.2, 0) is 4.74 Å². The quantitative estimate of drug-likeness (QED) is 0.760. The van der Waals surface area contributed by atoms with Crippen LogP contribution < -0.4 is 10.2 Å². The first kappa shape index (κ1) is 16.2. The average molecular weight is 363 g/mol. The van der Waals surface area contributed by atoms with E-state index in [0.29, 0.717) is 19.9 Å². The van der Waals surface area contributed by atoms with Gasteiger partial charge < -0.3 is 10.1 Å². The van der Waals surface area contributed by atoms with Crippen molar-refractivity contribution in [2.24, 2.45) is 4.99 Å². The number of guanidine groups is 1. The summed E-state index contributed by atoms with van der Waals surface area (Å²) in [5.41, 5.74) is 2.97. The number of benzene rings is 1. The fraction of sp³-hybridized carbons (Fsp3) is 0.316. The second-order valence-corrected chi connectivity index (χ2v) is 6.65. The number of anilines is 1. The topological polar surface area (TPSA) is 70.8 Å². The van der Waals surface area contributed by atoms with Crippen LogP contribution in [0.3, 0.4) is 0 Å². The van der Waals surface area contributed by atoms with Gasteiger partial charge in [-0.05, 0) is 24.3 Å². The molecule has 0 radical (unpaired) electrons. The third kappa shape index (κ3) is 2.73. The highest BCUT2D eigenvalue weighted by Crippen LogP contribution is 2.33. The van der Waals surface area contributed by atoms with Crippen molar-refractivity contribution in [1.82, 2.24) is 24.8 Å². The number of aromatic nitrogens is 3. The van der Waals surface area contributed by atoms with E-state index in [-0.39, 0.29) is 6.17 Å². The van der Waals surface area contributed by atoms with Gasteiger partial charge in [-0.25, -0.2) is 9.98 Å². The Labute approximate surface area is 157 Å². The van der Waals surface area contributed by atoms with Gasteiger partial charge in [0.15, 0.2) is 6.17 Å². The van der Waals surface area contributed by atoms with Gasteiger partial charge in [-0.15, -0.1) is 0 Å². The molecule has 27 heavy (non-hydrogen) atoms. The number of ether oxygens (including phenoxy) is 1. The van der Waals surface area contributed by atoms with Gasteiger partial charge in [-0.2, -0.15) is 0 Å². The largest absolute Gasteiger partial charge is 0.383 e. The monoisotopic (exact) mass is 363 g/mol. The molecule has 8 heteroatoms. The number of nitrogens with one attached hydrogen (secondary N) is 1. The minimum atomic E-state index is -0.144. The molecule has 0 bridgehead atoms. The number of imidazole rings is 1. The maximum absolute atomic E-state index is 5.22. The second kappa shape index (κ2) is 6.64. The number of hydrogen-bond donors (Lipinski definition) is 1. The van der Waals surface area contributed by atoms with E-state index < -0.39 is 0 Å². The van der Waals surface area contributed by atoms with E-state index in [2.05, 4.69) is 30.7 Å². The van der Waals surface area contributed by atoms with Crippen LogP contribution in [0.15, 0.2) is 53.7 Å². The van der Waals surface area contributed by atoms with E-state index in [1.165, 1.54) is 0 Å². The van der Waals surface area contributed by atoms with Gasteiger partial charge in [-0.3, -0.25) is 19.4 Å². The molecule has 138 valence electrons. The zero-order chi connectivity index (χ0) is 18.2. The van der Waals surface area contributed by atoms with Gasteiger partial charge in [-0.1, -0.05) is 18.2 Å². The SMILES string of the molecule is COCCN1CN=C2N[C@H](c3ccccn3)n3c(nc4ccccc43)N2C1. The summed E-state index contributed by atoms with van der Waals surface area (Å²) in [4.78, 5) is 18.6. The molecule has 8 nitrogen and oxygen atoms in total. The van der Waals surface area contributed by atoms with Crippen LogP contribution in [0, 0.1) is 0 Å². The Hall–Kier alpha value is -2.97. The molecule has 5 rings (SSSR count). The molecule has 2 aliphatic rings. The van der Waals surface area contributed by atoms with Gasteiger partial charge in [0, 0.05) is 19.9 Å². The Bertz CT molecular complexity index is 984. The lowest BCUT2D eigenvalue weighted by Gasteiger charge is -2.41. The summed E-state index contributed by atoms with van der Waals surface area (Å²) in [6.45, 7) is 2.86. The van der Waals surface area contributed by atoms with Gasteiger partial charge in [0.2, 0.25) is 11.9 Å². The number of rotatable bonds is 4. The zero-order valence-corrected chi connectivity index (χ0v) is 15.1. The number of methoxy groups -OCH3 is 1. The highest BCUT2D eigenvalue weighted by Gasteiger charge is 2.36. The van der Waals surface area contributed by atoms with Gasteiger partial charge >= 0.3 is 0 Å². The molecule has 0 spiro atoms. The van der Waals surface area contributed by atoms with Crippen molar-refractivity contribution in [1.29, 1.82) is 0 Å². The summed E-state index contributed by atoms with van der Waals surface area (Å²) in [7, 11) is 1.72. The summed E-state index contributed by atoms with van der Waals surface area (Å²) < 4.78 is 7.42. The van der Waals surface area contributed by atoms with E-state index in [0.717, 1.165) is 35.2 Å². The Morgan fingerprint density at radius 3 is 2.93 bits per heavy atom. The molecule has 1 aromatic carbocycles. The number of para-hydroxylation sites is 2. The molecule has 0 unspecified atom stereocenters. The molecule has 4 heterocycles. The fourth-order valence-electron chi connectivity index (χ4n) is 3.61. The molecule has 0 aliphatic carbocycles. The minimum absolute atomic E-state index is 0.144. The standard InChI is InChI=1S/C19H21N7O/c1-27-11-10-24-12-21-18-23-17(15-7-4-5-9-20-15)26-16-8-3-2-6-14(16)22-19(26)25(18)13-24/h2-9,17H,10-13H2,1H3,(H,21,23)/t17-/m0/s1. The Kier molecular flexibility index (Phi) is 3.99. The lowest BCUT2D eigenvalue weighted by Crippen LogP contribution is -2.57. The third-order valence-corrected chi connectivity index (χ3v) is 4.94. The van der Waals surface area contributed by atoms with Crippen molar-refractivity contribution in [2.45, 2.75) is 6.17 Å². The number of nitrogens with zero attached hydrogens (tertiary/aromatic N) is 6. The van der Waals surface area contributed by atoms with Gasteiger partial charge in [0.1, 0.15) is 0 Å². The Morgan fingerprint density at radius 2 is 2.07 bits per heavy atom. The lowest BCUT2D eigenvalue weighted by molar-refractivity contribution is 0.147. The van der Waals surface area contributed by atoms with E-state index in [1.807, 2.05) is 42.6 Å². The van der Waals surface area contributed by atoms with Crippen molar-refractivity contribution in [3.05, 3.63) is 54.4 Å². The number of fused-ring (bicyclic) bond motifs is 5. The smallest absolute Gasteiger partial charge is 0.216 e. The maximum atomic E-state index is 5.22. The molecule has 1 N–H and O–H groups in total. The molecular formula is C19H21N7O. The maximum Gasteiger partial charge on any atom is 0.216 e. The number of hydrogen-bond acceptors (Lipinski definition) is 7. The third-order valence-electron chi connectivity index (χ3n) is 4.94. The van der Waals surface area contributed by atoms with Crippen LogP contribution >= 0.6 is 0 Å². The number of pyridine rings is 1. The highest BCUT2D eigenvalue weighted by atomic mass is 16.5. The van der Waals surface area contributed by atoms with Crippen molar-refractivity contribution < 1.29 is 4.74 Å². The van der Waals surface area contributed by atoms with Crippen LogP contribution in [0.1, 0.15) is 11.9 Å². The zero-order valence-electron chi connectivity index (χ0n) is 15.1. The Morgan fingerprint density at radius 1 is 1.19 bits per heavy atom. The molecule has 2 aliphatic heterocycles. The minimum Gasteiger partial charge on any atom is -0.383 e. The van der Waals surface area contributed by atoms with E-state index in [4.69, 9.17) is 14.7 Å². The van der Waals surface area contributed by atoms with Crippen LogP contribution in [-0.4, -0.2) is 59.0 Å². The summed E-state index contributed by atoms with van der Waals surface area (Å²) in [6.07, 6.45) is 1.67. The summed E-state index contributed by atoms with van der Waals surface area (Å²) >= 11 is 0. The van der Waals surface area contributed by atoms with Crippen LogP contribution in [0.4, 0.5) is 5.95 Å². The Balaban J connectivity index is 1.62. The van der Waals surface area contributed by atoms with E-state index in [9.17, 15) is 0 Å². The first-order valence-corrected chi connectivity index (χ1v) is 9.03. The molecule has 3 aromatic rings. The molecular weight excluding hydrogens is 342 g/mol. The first-order chi connectivity index (χ1) is 13.3. The van der Waals surface area contributed by atoms with Crippen LogP contribution in [0.25, 0.3) is 11.0 Å². The van der Waals surface area contributed by atoms with Gasteiger partial charge in [0.05, 0.1) is 36.7 Å². The lowest BCUT2D eigenvalue weighted by atomic mass is 10.2. The van der Waals surface area contributed by atoms with Crippen LogP contribution in [0.5, 0.6) is 0 Å². The van der Waals surface area contributed by atoms with Crippen LogP contribution in [0.2, 0.25) is 0 Å². The fourth-order valence-corrected chi connectivity index (χ4v) is 3.61. The summed E-state index contributed by atoms with van der Waals surface area (Å²) in [5, 5.41) is 3.56. The molecule has 0 saturated heterocycles. The van der Waals surface area contributed by atoms with E-state index >= 15 is 0 Å². The molecule has 2 aromatic heterocycles. The average Bonchev–Trinajstić information content (AvgIpc) is 3.12. The van der Waals surface area contributed by atoms with Crippen molar-refractivity contribution in [3.63, 3.8) is 0 Å². The normalized spacial score (nSPS) is 19.4. The van der Waals surface area contributed by atoms with Crippen molar-refractivity contribution in [3.8, 4) is 0 Å². The van der Waals surface area contributed by atoms with Crippen molar-refractivity contribution in [2.75, 3.05) is 38.5 Å². The molecule has 0 saturated carbocycles. The van der Waals surface area contributed by atoms with Crippen molar-refractivity contribution >= 4 is 22.9 Å². The summed E-state index contributed by atoms with van der Waals surface area (Å²) in [5.74, 6) is 1.72. The molecule has 0 fully saturated rings.